The van der Waals surface area contributed by atoms with E-state index in [0.717, 1.165) is 23.3 Å². The van der Waals surface area contributed by atoms with E-state index in [1.807, 2.05) is 31.2 Å². The summed E-state index contributed by atoms with van der Waals surface area (Å²) in [6.07, 6.45) is 0. The second kappa shape index (κ2) is 6.61. The van der Waals surface area contributed by atoms with E-state index in [1.165, 1.54) is 23.5 Å². The van der Waals surface area contributed by atoms with Gasteiger partial charge in [-0.2, -0.15) is 0 Å². The Hall–Kier alpha value is -2.78. The van der Waals surface area contributed by atoms with E-state index in [4.69, 9.17) is 0 Å². The lowest BCUT2D eigenvalue weighted by Gasteiger charge is -2.04. The molecule has 0 unspecified atom stereocenters. The summed E-state index contributed by atoms with van der Waals surface area (Å²) in [5.74, 6) is 0. The Kier molecular flexibility index (Phi) is 4.51. The van der Waals surface area contributed by atoms with Crippen LogP contribution in [0.2, 0.25) is 0 Å². The van der Waals surface area contributed by atoms with E-state index in [-0.39, 0.29) is 15.7 Å². The highest BCUT2D eigenvalue weighted by Gasteiger charge is 2.18. The van der Waals surface area contributed by atoms with Crippen LogP contribution in [-0.2, 0) is 10.0 Å². The topological polar surface area (TPSA) is 102 Å². The maximum absolute atomic E-state index is 12.4. The number of rotatable bonds is 5. The minimum absolute atomic E-state index is 0.0646. The molecule has 1 aromatic heterocycles. The Morgan fingerprint density at radius 2 is 1.72 bits per heavy atom. The predicted octanol–water partition coefficient (Wildman–Crippen LogP) is 3.83. The van der Waals surface area contributed by atoms with Crippen molar-refractivity contribution >= 4 is 32.2 Å². The summed E-state index contributed by atoms with van der Waals surface area (Å²) in [7, 11) is -3.86. The van der Waals surface area contributed by atoms with Gasteiger partial charge in [-0.05, 0) is 19.1 Å². The highest BCUT2D eigenvalue weighted by Crippen LogP contribution is 2.27. The molecule has 0 atom stereocenters. The van der Waals surface area contributed by atoms with Gasteiger partial charge >= 0.3 is 0 Å². The van der Waals surface area contributed by atoms with Gasteiger partial charge in [0.15, 0.2) is 5.13 Å². The minimum Gasteiger partial charge on any atom is -0.258 e. The zero-order valence-electron chi connectivity index (χ0n) is 13.0. The van der Waals surface area contributed by atoms with Crippen LogP contribution < -0.4 is 4.72 Å². The quantitative estimate of drug-likeness (QED) is 0.539. The molecule has 1 heterocycles. The fraction of sp³-hybridized carbons (Fsp3) is 0.0625. The molecular formula is C16H13N3O4S2. The molecule has 0 aliphatic heterocycles. The molecule has 7 nitrogen and oxygen atoms in total. The van der Waals surface area contributed by atoms with Crippen molar-refractivity contribution in [3.05, 3.63) is 69.6 Å². The van der Waals surface area contributed by atoms with Crippen LogP contribution in [0, 0.1) is 17.0 Å². The molecule has 25 heavy (non-hydrogen) atoms. The third-order valence-corrected chi connectivity index (χ3v) is 5.67. The number of nitro groups is 1. The maximum Gasteiger partial charge on any atom is 0.269 e. The van der Waals surface area contributed by atoms with Crippen molar-refractivity contribution in [2.45, 2.75) is 11.8 Å². The molecule has 2 aromatic carbocycles. The lowest BCUT2D eigenvalue weighted by molar-refractivity contribution is -0.384. The van der Waals surface area contributed by atoms with Crippen LogP contribution in [0.15, 0.2) is 58.8 Å². The minimum atomic E-state index is -3.86. The van der Waals surface area contributed by atoms with Gasteiger partial charge in [0, 0.05) is 23.1 Å². The first-order valence-corrected chi connectivity index (χ1v) is 9.51. The predicted molar refractivity (Wildman–Crippen MR) is 96.2 cm³/mol. The maximum atomic E-state index is 12.4. The Labute approximate surface area is 148 Å². The molecule has 0 spiro atoms. The Morgan fingerprint density at radius 1 is 1.08 bits per heavy atom. The summed E-state index contributed by atoms with van der Waals surface area (Å²) < 4.78 is 27.1. The van der Waals surface area contributed by atoms with Gasteiger partial charge in [-0.25, -0.2) is 13.4 Å². The Bertz CT molecular complexity index is 1010. The number of aryl methyl sites for hydroxylation is 1. The van der Waals surface area contributed by atoms with Crippen LogP contribution in [0.4, 0.5) is 10.8 Å². The third-order valence-electron chi connectivity index (χ3n) is 3.43. The molecule has 0 bridgehead atoms. The number of non-ortho nitro benzene ring substituents is 1. The van der Waals surface area contributed by atoms with Gasteiger partial charge < -0.3 is 0 Å². The molecular weight excluding hydrogens is 362 g/mol. The summed E-state index contributed by atoms with van der Waals surface area (Å²) in [4.78, 5) is 14.3. The van der Waals surface area contributed by atoms with E-state index < -0.39 is 14.9 Å². The van der Waals surface area contributed by atoms with Gasteiger partial charge in [0.25, 0.3) is 15.7 Å². The average Bonchev–Trinajstić information content (AvgIpc) is 3.03. The van der Waals surface area contributed by atoms with E-state index in [0.29, 0.717) is 5.69 Å². The standard InChI is InChI=1S/C16H13N3O4S2/c1-11-2-4-12(5-3-11)15-10-24-16(17-15)18-25(22,23)14-8-6-13(7-9-14)19(20)21/h2-10H,1H3,(H,17,18). The first kappa shape index (κ1) is 17.1. The van der Waals surface area contributed by atoms with Crippen LogP contribution in [0.25, 0.3) is 11.3 Å². The summed E-state index contributed by atoms with van der Waals surface area (Å²) >= 11 is 1.17. The SMILES string of the molecule is Cc1ccc(-c2csc(NS(=O)(=O)c3ccc([N+](=O)[O-])cc3)n2)cc1. The van der Waals surface area contributed by atoms with Crippen molar-refractivity contribution in [3.8, 4) is 11.3 Å². The summed E-state index contributed by atoms with van der Waals surface area (Å²) in [6, 6.07) is 12.4. The zero-order chi connectivity index (χ0) is 18.0. The smallest absolute Gasteiger partial charge is 0.258 e. The van der Waals surface area contributed by atoms with Crippen LogP contribution in [0.5, 0.6) is 0 Å². The van der Waals surface area contributed by atoms with Crippen molar-refractivity contribution < 1.29 is 13.3 Å². The lowest BCUT2D eigenvalue weighted by Crippen LogP contribution is -2.12. The molecule has 3 rings (SSSR count). The number of hydrogen-bond acceptors (Lipinski definition) is 6. The monoisotopic (exact) mass is 375 g/mol. The van der Waals surface area contributed by atoms with Gasteiger partial charge in [-0.15, -0.1) is 11.3 Å². The van der Waals surface area contributed by atoms with Gasteiger partial charge in [-0.1, -0.05) is 29.8 Å². The van der Waals surface area contributed by atoms with E-state index in [1.54, 1.807) is 5.38 Å². The molecule has 0 fully saturated rings. The Balaban J connectivity index is 1.81. The fourth-order valence-electron chi connectivity index (χ4n) is 2.10. The van der Waals surface area contributed by atoms with E-state index >= 15 is 0 Å². The number of aromatic nitrogens is 1. The first-order chi connectivity index (χ1) is 11.8. The molecule has 0 amide bonds. The molecule has 0 aliphatic rings. The highest BCUT2D eigenvalue weighted by atomic mass is 32.2. The van der Waals surface area contributed by atoms with Crippen LogP contribution >= 0.6 is 11.3 Å². The number of nitro benzene ring substituents is 1. The lowest BCUT2D eigenvalue weighted by atomic mass is 10.1. The molecule has 0 saturated heterocycles. The normalized spacial score (nSPS) is 11.2. The molecule has 0 aliphatic carbocycles. The Morgan fingerprint density at radius 3 is 2.32 bits per heavy atom. The van der Waals surface area contributed by atoms with Crippen LogP contribution in [0.3, 0.4) is 0 Å². The number of nitrogens with one attached hydrogen (secondary N) is 1. The van der Waals surface area contributed by atoms with Crippen LogP contribution in [-0.4, -0.2) is 18.3 Å². The van der Waals surface area contributed by atoms with Crippen molar-refractivity contribution in [2.24, 2.45) is 0 Å². The largest absolute Gasteiger partial charge is 0.269 e. The van der Waals surface area contributed by atoms with Crippen molar-refractivity contribution in [1.82, 2.24) is 4.98 Å². The van der Waals surface area contributed by atoms with Gasteiger partial charge in [-0.3, -0.25) is 14.8 Å². The highest BCUT2D eigenvalue weighted by molar-refractivity contribution is 7.93. The molecule has 0 radical (unpaired) electrons. The number of anilines is 1. The molecule has 1 N–H and O–H groups in total. The number of thiazole rings is 1. The third kappa shape index (κ3) is 3.83. The number of hydrogen-bond donors (Lipinski definition) is 1. The molecule has 128 valence electrons. The second-order valence-corrected chi connectivity index (χ2v) is 7.80. The van der Waals surface area contributed by atoms with Crippen molar-refractivity contribution in [2.75, 3.05) is 4.72 Å². The van der Waals surface area contributed by atoms with Gasteiger partial charge in [0.05, 0.1) is 15.5 Å². The van der Waals surface area contributed by atoms with Crippen molar-refractivity contribution in [1.29, 1.82) is 0 Å². The fourth-order valence-corrected chi connectivity index (χ4v) is 4.07. The second-order valence-electron chi connectivity index (χ2n) is 5.26. The summed E-state index contributed by atoms with van der Waals surface area (Å²) in [5.41, 5.74) is 2.52. The average molecular weight is 375 g/mol. The first-order valence-electron chi connectivity index (χ1n) is 7.15. The van der Waals surface area contributed by atoms with Crippen molar-refractivity contribution in [3.63, 3.8) is 0 Å². The molecule has 0 saturated carbocycles. The number of benzene rings is 2. The zero-order valence-corrected chi connectivity index (χ0v) is 14.7. The van der Waals surface area contributed by atoms with Gasteiger partial charge in [0.2, 0.25) is 0 Å². The van der Waals surface area contributed by atoms with Gasteiger partial charge in [0.1, 0.15) is 0 Å². The summed E-state index contributed by atoms with van der Waals surface area (Å²) in [5, 5.41) is 12.6. The summed E-state index contributed by atoms with van der Waals surface area (Å²) in [6.45, 7) is 1.98. The number of sulfonamides is 1. The van der Waals surface area contributed by atoms with E-state index in [2.05, 4.69) is 9.71 Å². The number of nitrogens with zero attached hydrogens (tertiary/aromatic N) is 2. The molecule has 9 heteroatoms. The van der Waals surface area contributed by atoms with Crippen LogP contribution in [0.1, 0.15) is 5.56 Å². The van der Waals surface area contributed by atoms with E-state index in [9.17, 15) is 18.5 Å². The molecule has 3 aromatic rings.